The van der Waals surface area contributed by atoms with E-state index in [-0.39, 0.29) is 47.0 Å². The fraction of sp³-hybridized carbons (Fsp3) is 0.500. The molecule has 0 bridgehead atoms. The Morgan fingerprint density at radius 2 is 1.95 bits per heavy atom. The molecule has 3 fully saturated rings. The number of anilines is 1. The Morgan fingerprint density at radius 3 is 2.76 bits per heavy atom. The van der Waals surface area contributed by atoms with Crippen molar-refractivity contribution in [3.8, 4) is 17.1 Å². The molecule has 0 radical (unpaired) electrons. The number of H-pyrrole nitrogens is 1. The second kappa shape index (κ2) is 9.96. The summed E-state index contributed by atoms with van der Waals surface area (Å²) in [4.78, 5) is 13.1. The van der Waals surface area contributed by atoms with E-state index in [2.05, 4.69) is 25.1 Å². The summed E-state index contributed by atoms with van der Waals surface area (Å²) in [5.41, 5.74) is -0.498. The molecule has 42 heavy (non-hydrogen) atoms. The van der Waals surface area contributed by atoms with Crippen molar-refractivity contribution in [1.29, 1.82) is 0 Å². The highest BCUT2D eigenvalue weighted by Gasteiger charge is 2.49. The van der Waals surface area contributed by atoms with Crippen LogP contribution in [0.4, 0.5) is 19.0 Å². The Balaban J connectivity index is 1.39. The smallest absolute Gasteiger partial charge is 0.319 e. The lowest BCUT2D eigenvalue weighted by molar-refractivity contribution is 0.0447. The molecule has 7 rings (SSSR count). The minimum atomic E-state index is -0.998. The number of piperidine rings is 1. The molecule has 2 aromatic heterocycles. The molecule has 222 valence electrons. The maximum atomic E-state index is 16.7. The van der Waals surface area contributed by atoms with E-state index in [9.17, 15) is 9.50 Å². The summed E-state index contributed by atoms with van der Waals surface area (Å²) in [7, 11) is 0. The van der Waals surface area contributed by atoms with Crippen LogP contribution in [0.25, 0.3) is 32.9 Å². The molecule has 0 spiro atoms. The predicted molar refractivity (Wildman–Crippen MR) is 155 cm³/mol. The summed E-state index contributed by atoms with van der Waals surface area (Å²) in [6, 6.07) is 2.84. The second-order valence-electron chi connectivity index (χ2n) is 12.3. The second-order valence-corrected chi connectivity index (χ2v) is 12.8. The van der Waals surface area contributed by atoms with Crippen molar-refractivity contribution in [2.45, 2.75) is 63.3 Å². The normalized spacial score (nSPS) is 26.5. The Hall–Kier alpha value is -3.15. The molecule has 12 heteroatoms. The molecule has 8 nitrogen and oxygen atoms in total. The highest BCUT2D eigenvalue weighted by atomic mass is 35.5. The number of hydrogen-bond donors (Lipinski definition) is 2. The van der Waals surface area contributed by atoms with Crippen LogP contribution in [-0.2, 0) is 0 Å². The number of rotatable bonds is 5. The van der Waals surface area contributed by atoms with E-state index in [1.165, 1.54) is 12.3 Å². The summed E-state index contributed by atoms with van der Waals surface area (Å²) < 4.78 is 53.2. The van der Waals surface area contributed by atoms with Crippen LogP contribution in [0, 0.1) is 18.6 Å². The third kappa shape index (κ3) is 4.48. The monoisotopic (exact) mass is 600 g/mol. The molecule has 3 saturated heterocycles. The van der Waals surface area contributed by atoms with E-state index in [1.807, 2.05) is 4.90 Å². The fourth-order valence-electron chi connectivity index (χ4n) is 7.23. The van der Waals surface area contributed by atoms with E-state index in [4.69, 9.17) is 16.3 Å². The van der Waals surface area contributed by atoms with Gasteiger partial charge < -0.3 is 14.7 Å². The average molecular weight is 601 g/mol. The van der Waals surface area contributed by atoms with E-state index in [1.54, 1.807) is 19.9 Å². The zero-order valence-corrected chi connectivity index (χ0v) is 24.2. The van der Waals surface area contributed by atoms with Crippen LogP contribution < -0.4 is 9.64 Å². The molecule has 5 heterocycles. The molecule has 3 atom stereocenters. The van der Waals surface area contributed by atoms with Gasteiger partial charge in [-0.2, -0.15) is 15.1 Å². The minimum Gasteiger partial charge on any atom is -0.461 e. The van der Waals surface area contributed by atoms with Crippen molar-refractivity contribution in [1.82, 2.24) is 25.1 Å². The van der Waals surface area contributed by atoms with Crippen LogP contribution in [0.3, 0.4) is 0 Å². The summed E-state index contributed by atoms with van der Waals surface area (Å²) in [6.07, 6.45) is 3.96. The van der Waals surface area contributed by atoms with E-state index in [0.29, 0.717) is 53.8 Å². The molecule has 2 N–H and O–H groups in total. The Labute approximate surface area is 245 Å². The van der Waals surface area contributed by atoms with Gasteiger partial charge in [0.15, 0.2) is 5.82 Å². The minimum absolute atomic E-state index is 0.0704. The van der Waals surface area contributed by atoms with Gasteiger partial charge in [0.1, 0.15) is 29.9 Å². The number of aromatic amines is 1. The number of hydrogen-bond acceptors (Lipinski definition) is 7. The number of nitrogens with zero attached hydrogens (tertiary/aromatic N) is 5. The predicted octanol–water partition coefficient (Wildman–Crippen LogP) is 5.72. The van der Waals surface area contributed by atoms with Crippen LogP contribution in [0.2, 0.25) is 5.02 Å². The molecule has 2 aromatic carbocycles. The average Bonchev–Trinajstić information content (AvgIpc) is 3.63. The van der Waals surface area contributed by atoms with E-state index >= 15 is 8.78 Å². The van der Waals surface area contributed by atoms with Crippen molar-refractivity contribution in [2.75, 3.05) is 37.7 Å². The van der Waals surface area contributed by atoms with Crippen molar-refractivity contribution >= 4 is 39.2 Å². The Morgan fingerprint density at radius 1 is 1.14 bits per heavy atom. The molecule has 3 aliphatic heterocycles. The maximum Gasteiger partial charge on any atom is 0.319 e. The molecule has 0 unspecified atom stereocenters. The molecule has 4 aromatic rings. The fourth-order valence-corrected chi connectivity index (χ4v) is 7.43. The van der Waals surface area contributed by atoms with Gasteiger partial charge in [0.05, 0.1) is 28.4 Å². The zero-order valence-electron chi connectivity index (χ0n) is 23.5. The van der Waals surface area contributed by atoms with Gasteiger partial charge >= 0.3 is 6.01 Å². The van der Waals surface area contributed by atoms with Crippen LogP contribution in [0.5, 0.6) is 6.01 Å². The first-order valence-corrected chi connectivity index (χ1v) is 14.7. The van der Waals surface area contributed by atoms with Crippen molar-refractivity contribution in [3.05, 3.63) is 40.6 Å². The van der Waals surface area contributed by atoms with E-state index in [0.717, 1.165) is 19.4 Å². The van der Waals surface area contributed by atoms with E-state index < -0.39 is 28.9 Å². The molecule has 0 amide bonds. The number of fused-ring (bicyclic) bond motifs is 3. The standard InChI is InChI=1S/C30H32ClF3N6O2/c1-16-20(31)10-22-19(12-35-38-22)23(16)24-21(33)9-18-26(25(24)34)36-28(37-27(18)39-7-3-5-29(2,41)14-39)42-15-30-6-4-8-40(30)13-17(32)11-30/h9-10,12,17,41H,3-8,11,13-15H2,1-2H3,(H,35,38)/t17-,29-,30+/m1/s1. The van der Waals surface area contributed by atoms with Gasteiger partial charge in [0, 0.05) is 47.4 Å². The summed E-state index contributed by atoms with van der Waals surface area (Å²) >= 11 is 6.46. The highest BCUT2D eigenvalue weighted by Crippen LogP contribution is 2.43. The third-order valence-electron chi connectivity index (χ3n) is 9.24. The SMILES string of the molecule is Cc1c(Cl)cc2[nH]ncc2c1-c1c(F)cc2c(N3CCC[C@@](C)(O)C3)nc(OC[C@@]34CCCN3C[C@H](F)C4)nc2c1F. The molecule has 3 aliphatic rings. The van der Waals surface area contributed by atoms with Gasteiger partial charge in [0.25, 0.3) is 0 Å². The lowest BCUT2D eigenvalue weighted by atomic mass is 9.93. The lowest BCUT2D eigenvalue weighted by Gasteiger charge is -2.38. The lowest BCUT2D eigenvalue weighted by Crippen LogP contribution is -2.46. The van der Waals surface area contributed by atoms with Gasteiger partial charge in [-0.3, -0.25) is 10.00 Å². The number of aromatic nitrogens is 4. The number of aliphatic hydroxyl groups is 1. The summed E-state index contributed by atoms with van der Waals surface area (Å²) in [5.74, 6) is -1.39. The number of β-amino-alcohol motifs (C(OH)–C–C–N with tert-alkyl or cyclic N) is 1. The van der Waals surface area contributed by atoms with Crippen molar-refractivity contribution in [3.63, 3.8) is 0 Å². The largest absolute Gasteiger partial charge is 0.461 e. The molecular weight excluding hydrogens is 569 g/mol. The first-order valence-electron chi connectivity index (χ1n) is 14.4. The third-order valence-corrected chi connectivity index (χ3v) is 9.63. The van der Waals surface area contributed by atoms with Crippen LogP contribution in [-0.4, -0.2) is 80.3 Å². The molecule has 0 aliphatic carbocycles. The Bertz CT molecular complexity index is 1710. The number of benzene rings is 2. The van der Waals surface area contributed by atoms with Gasteiger partial charge in [-0.25, -0.2) is 13.2 Å². The van der Waals surface area contributed by atoms with Gasteiger partial charge in [-0.1, -0.05) is 11.6 Å². The number of halogens is 4. The number of alkyl halides is 1. The highest BCUT2D eigenvalue weighted by molar-refractivity contribution is 6.33. The van der Waals surface area contributed by atoms with Crippen molar-refractivity contribution < 1.29 is 23.0 Å². The summed E-state index contributed by atoms with van der Waals surface area (Å²) in [5, 5.41) is 18.7. The van der Waals surface area contributed by atoms with Gasteiger partial charge in [-0.15, -0.1) is 0 Å². The van der Waals surface area contributed by atoms with Crippen LogP contribution in [0.15, 0.2) is 18.3 Å². The first kappa shape index (κ1) is 27.7. The van der Waals surface area contributed by atoms with Crippen LogP contribution >= 0.6 is 11.6 Å². The molecular formula is C30H32ClF3N6O2. The quantitative estimate of drug-likeness (QED) is 0.303. The van der Waals surface area contributed by atoms with Gasteiger partial charge in [0.2, 0.25) is 0 Å². The van der Waals surface area contributed by atoms with Gasteiger partial charge in [-0.05, 0) is 63.8 Å². The molecule has 0 saturated carbocycles. The zero-order chi connectivity index (χ0) is 29.4. The number of nitrogens with one attached hydrogen (secondary N) is 1. The topological polar surface area (TPSA) is 90.4 Å². The maximum absolute atomic E-state index is 16.7. The number of ether oxygens (including phenoxy) is 1. The van der Waals surface area contributed by atoms with Crippen molar-refractivity contribution in [2.24, 2.45) is 0 Å². The summed E-state index contributed by atoms with van der Waals surface area (Å²) in [6.45, 7) is 5.54. The Kier molecular flexibility index (Phi) is 6.56. The van der Waals surface area contributed by atoms with Crippen LogP contribution in [0.1, 0.15) is 44.6 Å². The first-order chi connectivity index (χ1) is 20.1.